The largest absolute Gasteiger partial charge is 0.352 e. The molecule has 0 aliphatic rings. The van der Waals surface area contributed by atoms with Crippen LogP contribution < -0.4 is 9.62 Å². The third-order valence-corrected chi connectivity index (χ3v) is 6.79. The predicted molar refractivity (Wildman–Crippen MR) is 133 cm³/mol. The fraction of sp³-hybridized carbons (Fsp3) is 0.417. The van der Waals surface area contributed by atoms with Gasteiger partial charge in [-0.3, -0.25) is 13.9 Å². The summed E-state index contributed by atoms with van der Waals surface area (Å²) in [6, 6.07) is 13.0. The van der Waals surface area contributed by atoms with E-state index in [1.54, 1.807) is 55.5 Å². The van der Waals surface area contributed by atoms with Crippen molar-refractivity contribution >= 4 is 39.1 Å². The minimum atomic E-state index is -3.74. The number of anilines is 1. The summed E-state index contributed by atoms with van der Waals surface area (Å²) in [5, 5.41) is 3.40. The molecule has 0 saturated carbocycles. The normalized spacial score (nSPS) is 13.2. The Morgan fingerprint density at radius 3 is 2.27 bits per heavy atom. The highest BCUT2D eigenvalue weighted by molar-refractivity contribution is 7.92. The third kappa shape index (κ3) is 7.75. The number of halogens is 1. The molecule has 7 nitrogen and oxygen atoms in total. The summed E-state index contributed by atoms with van der Waals surface area (Å²) in [7, 11) is -3.74. The molecule has 0 saturated heterocycles. The maximum Gasteiger partial charge on any atom is 0.244 e. The quantitative estimate of drug-likeness (QED) is 0.546. The van der Waals surface area contributed by atoms with Crippen LogP contribution in [0.25, 0.3) is 0 Å². The number of nitrogens with zero attached hydrogens (tertiary/aromatic N) is 2. The molecule has 2 unspecified atom stereocenters. The standard InChI is InChI=1S/C24H32ClN3O4S/c1-6-18(3)26-24(30)19(4)27(15-20-8-7-9-21(25)14-20)23(29)16-28(33(5,31)32)22-12-10-17(2)11-13-22/h7-14,18-19H,6,15-16H2,1-5H3,(H,26,30). The Bertz CT molecular complexity index is 1070. The summed E-state index contributed by atoms with van der Waals surface area (Å²) < 4.78 is 26.1. The molecule has 2 rings (SSSR count). The summed E-state index contributed by atoms with van der Waals surface area (Å²) in [6.45, 7) is 7.05. The van der Waals surface area contributed by atoms with Gasteiger partial charge in [0.15, 0.2) is 0 Å². The van der Waals surface area contributed by atoms with Gasteiger partial charge in [-0.05, 0) is 57.0 Å². The first kappa shape index (κ1) is 26.7. The van der Waals surface area contributed by atoms with Crippen LogP contribution in [0, 0.1) is 6.92 Å². The highest BCUT2D eigenvalue weighted by Gasteiger charge is 2.30. The van der Waals surface area contributed by atoms with Gasteiger partial charge in [0.1, 0.15) is 12.6 Å². The summed E-state index contributed by atoms with van der Waals surface area (Å²) in [6.07, 6.45) is 1.80. The van der Waals surface area contributed by atoms with Crippen LogP contribution in [0.3, 0.4) is 0 Å². The summed E-state index contributed by atoms with van der Waals surface area (Å²) in [5.41, 5.74) is 2.09. The lowest BCUT2D eigenvalue weighted by molar-refractivity contribution is -0.139. The molecule has 2 atom stereocenters. The minimum Gasteiger partial charge on any atom is -0.352 e. The topological polar surface area (TPSA) is 86.8 Å². The molecule has 0 fully saturated rings. The molecule has 0 aliphatic heterocycles. The predicted octanol–water partition coefficient (Wildman–Crippen LogP) is 3.75. The van der Waals surface area contributed by atoms with Crippen molar-refractivity contribution in [2.75, 3.05) is 17.1 Å². The van der Waals surface area contributed by atoms with Gasteiger partial charge in [0.2, 0.25) is 21.8 Å². The zero-order valence-electron chi connectivity index (χ0n) is 19.7. The van der Waals surface area contributed by atoms with Crippen molar-refractivity contribution in [1.82, 2.24) is 10.2 Å². The number of hydrogen-bond acceptors (Lipinski definition) is 4. The number of carbonyl (C=O) groups is 2. The molecular formula is C24H32ClN3O4S. The van der Waals surface area contributed by atoms with Gasteiger partial charge in [0.05, 0.1) is 11.9 Å². The maximum atomic E-state index is 13.4. The molecule has 0 aliphatic carbocycles. The molecule has 0 spiro atoms. The Balaban J connectivity index is 2.37. The number of hydrogen-bond donors (Lipinski definition) is 1. The highest BCUT2D eigenvalue weighted by atomic mass is 35.5. The van der Waals surface area contributed by atoms with Gasteiger partial charge < -0.3 is 10.2 Å². The second-order valence-electron chi connectivity index (χ2n) is 8.25. The average molecular weight is 494 g/mol. The van der Waals surface area contributed by atoms with Crippen LogP contribution >= 0.6 is 11.6 Å². The van der Waals surface area contributed by atoms with E-state index in [1.165, 1.54) is 4.90 Å². The molecule has 9 heteroatoms. The van der Waals surface area contributed by atoms with Gasteiger partial charge in [0.25, 0.3) is 0 Å². The average Bonchev–Trinajstić information content (AvgIpc) is 2.75. The molecule has 180 valence electrons. The molecular weight excluding hydrogens is 462 g/mol. The molecule has 33 heavy (non-hydrogen) atoms. The first-order chi connectivity index (χ1) is 15.4. The number of aryl methyl sites for hydroxylation is 1. The van der Waals surface area contributed by atoms with Crippen LogP contribution in [0.4, 0.5) is 5.69 Å². The van der Waals surface area contributed by atoms with Gasteiger partial charge >= 0.3 is 0 Å². The van der Waals surface area contributed by atoms with E-state index in [4.69, 9.17) is 11.6 Å². The fourth-order valence-corrected chi connectivity index (χ4v) is 4.27. The van der Waals surface area contributed by atoms with Crippen molar-refractivity contribution in [3.05, 3.63) is 64.7 Å². The van der Waals surface area contributed by atoms with Crippen LogP contribution in [-0.2, 0) is 26.2 Å². The van der Waals surface area contributed by atoms with Crippen molar-refractivity contribution in [2.24, 2.45) is 0 Å². The van der Waals surface area contributed by atoms with Crippen molar-refractivity contribution in [3.63, 3.8) is 0 Å². The van der Waals surface area contributed by atoms with Crippen molar-refractivity contribution in [1.29, 1.82) is 0 Å². The van der Waals surface area contributed by atoms with Crippen LogP contribution in [-0.4, -0.2) is 50.0 Å². The molecule has 0 heterocycles. The van der Waals surface area contributed by atoms with Gasteiger partial charge in [-0.15, -0.1) is 0 Å². The zero-order chi connectivity index (χ0) is 24.8. The second kappa shape index (κ2) is 11.5. The van der Waals surface area contributed by atoms with Crippen LogP contribution in [0.1, 0.15) is 38.3 Å². The first-order valence-corrected chi connectivity index (χ1v) is 13.0. The molecule has 1 N–H and O–H groups in total. The van der Waals surface area contributed by atoms with Gasteiger partial charge in [-0.2, -0.15) is 0 Å². The molecule has 2 amide bonds. The molecule has 0 bridgehead atoms. The second-order valence-corrected chi connectivity index (χ2v) is 10.6. The van der Waals surface area contributed by atoms with Crippen LogP contribution in [0.2, 0.25) is 5.02 Å². The lowest BCUT2D eigenvalue weighted by atomic mass is 10.1. The van der Waals surface area contributed by atoms with E-state index in [0.29, 0.717) is 10.7 Å². The van der Waals surface area contributed by atoms with Crippen molar-refractivity contribution in [3.8, 4) is 0 Å². The fourth-order valence-electron chi connectivity index (χ4n) is 3.20. The number of sulfonamides is 1. The highest BCUT2D eigenvalue weighted by Crippen LogP contribution is 2.20. The van der Waals surface area contributed by atoms with Crippen molar-refractivity contribution < 1.29 is 18.0 Å². The van der Waals surface area contributed by atoms with E-state index < -0.39 is 28.5 Å². The Hall–Kier alpha value is -2.58. The number of nitrogens with one attached hydrogen (secondary N) is 1. The Morgan fingerprint density at radius 2 is 1.73 bits per heavy atom. The van der Waals surface area contributed by atoms with E-state index in [-0.39, 0.29) is 18.5 Å². The van der Waals surface area contributed by atoms with E-state index in [2.05, 4.69) is 5.32 Å². The summed E-state index contributed by atoms with van der Waals surface area (Å²) >= 11 is 6.10. The number of carbonyl (C=O) groups excluding carboxylic acids is 2. The lowest BCUT2D eigenvalue weighted by Crippen LogP contribution is -2.52. The minimum absolute atomic E-state index is 0.0526. The smallest absolute Gasteiger partial charge is 0.244 e. The molecule has 0 radical (unpaired) electrons. The van der Waals surface area contributed by atoms with Crippen molar-refractivity contribution in [2.45, 2.75) is 52.7 Å². The van der Waals surface area contributed by atoms with Crippen LogP contribution in [0.15, 0.2) is 48.5 Å². The van der Waals surface area contributed by atoms with Crippen LogP contribution in [0.5, 0.6) is 0 Å². The van der Waals surface area contributed by atoms with E-state index in [0.717, 1.165) is 28.1 Å². The molecule has 0 aromatic heterocycles. The van der Waals surface area contributed by atoms with E-state index in [1.807, 2.05) is 20.8 Å². The number of amides is 2. The molecule has 2 aromatic carbocycles. The van der Waals surface area contributed by atoms with E-state index in [9.17, 15) is 18.0 Å². The Labute approximate surface area is 201 Å². The SMILES string of the molecule is CCC(C)NC(=O)C(C)N(Cc1cccc(Cl)c1)C(=O)CN(c1ccc(C)cc1)S(C)(=O)=O. The first-order valence-electron chi connectivity index (χ1n) is 10.8. The monoisotopic (exact) mass is 493 g/mol. The van der Waals surface area contributed by atoms with Gasteiger partial charge in [-0.25, -0.2) is 8.42 Å². The van der Waals surface area contributed by atoms with Gasteiger partial charge in [-0.1, -0.05) is 48.4 Å². The number of rotatable bonds is 10. The van der Waals surface area contributed by atoms with E-state index >= 15 is 0 Å². The lowest BCUT2D eigenvalue weighted by Gasteiger charge is -2.32. The molecule has 2 aromatic rings. The Kier molecular flexibility index (Phi) is 9.31. The zero-order valence-corrected chi connectivity index (χ0v) is 21.3. The third-order valence-electron chi connectivity index (χ3n) is 5.41. The van der Waals surface area contributed by atoms with Gasteiger partial charge in [0, 0.05) is 17.6 Å². The summed E-state index contributed by atoms with van der Waals surface area (Å²) in [4.78, 5) is 27.7. The summed E-state index contributed by atoms with van der Waals surface area (Å²) in [5.74, 6) is -0.797. The maximum absolute atomic E-state index is 13.4. The Morgan fingerprint density at radius 1 is 1.09 bits per heavy atom. The number of benzene rings is 2.